The van der Waals surface area contributed by atoms with Crippen molar-refractivity contribution in [3.63, 3.8) is 0 Å². The molecule has 0 heterocycles. The van der Waals surface area contributed by atoms with Crippen molar-refractivity contribution in [2.24, 2.45) is 5.92 Å². The summed E-state index contributed by atoms with van der Waals surface area (Å²) in [4.78, 5) is 0. The van der Waals surface area contributed by atoms with E-state index in [1.807, 2.05) is 22.6 Å². The highest BCUT2D eigenvalue weighted by atomic mass is 127. The summed E-state index contributed by atoms with van der Waals surface area (Å²) in [6.07, 6.45) is 0.345. The second-order valence-electron chi connectivity index (χ2n) is 2.38. The Labute approximate surface area is 70.0 Å². The highest BCUT2D eigenvalue weighted by molar-refractivity contribution is 14.1. The molecule has 0 bridgehead atoms. The number of rotatable bonds is 2. The van der Waals surface area contributed by atoms with Gasteiger partial charge in [0, 0.05) is 22.6 Å². The van der Waals surface area contributed by atoms with E-state index in [4.69, 9.17) is 5.11 Å². The molecule has 0 aliphatic heterocycles. The first-order valence-corrected chi connectivity index (χ1v) is 4.04. The van der Waals surface area contributed by atoms with E-state index in [-0.39, 0.29) is 0 Å². The molecule has 1 unspecified atom stereocenters. The molecule has 1 atom stereocenters. The fourth-order valence-electron chi connectivity index (χ4n) is 0.568. The maximum absolute atomic E-state index is 9.04. The molecule has 1 nitrogen and oxygen atoms in total. The van der Waals surface area contributed by atoms with Crippen LogP contribution in [0.3, 0.4) is 0 Å². The number of hydrogen-bond donors (Lipinski definition) is 1. The molecule has 0 aromatic rings. The second-order valence-corrected chi connectivity index (χ2v) is 2.92. The number of hydrogen-bond acceptors (Lipinski definition) is 1. The lowest BCUT2D eigenvalue weighted by Gasteiger charge is -2.04. The standard InChI is InChI=1S/C7H11IO/c1-6(2)5-7(9)3-4-8/h6-7,9H,5H2,1-2H3. The van der Waals surface area contributed by atoms with Gasteiger partial charge in [0.15, 0.2) is 0 Å². The van der Waals surface area contributed by atoms with Crippen LogP contribution in [0.2, 0.25) is 0 Å². The van der Waals surface area contributed by atoms with Gasteiger partial charge in [-0.15, -0.1) is 0 Å². The highest BCUT2D eigenvalue weighted by Crippen LogP contribution is 2.02. The van der Waals surface area contributed by atoms with Gasteiger partial charge in [-0.3, -0.25) is 0 Å². The predicted molar refractivity (Wildman–Crippen MR) is 47.3 cm³/mol. The minimum absolute atomic E-state index is 0.429. The average molecular weight is 238 g/mol. The van der Waals surface area contributed by atoms with Crippen molar-refractivity contribution in [3.8, 4) is 9.85 Å². The Balaban J connectivity index is 3.46. The van der Waals surface area contributed by atoms with Crippen LogP contribution < -0.4 is 0 Å². The molecule has 0 aromatic heterocycles. The molecule has 0 saturated heterocycles. The van der Waals surface area contributed by atoms with E-state index < -0.39 is 6.10 Å². The van der Waals surface area contributed by atoms with E-state index in [1.165, 1.54) is 0 Å². The first kappa shape index (κ1) is 9.25. The van der Waals surface area contributed by atoms with Crippen molar-refractivity contribution < 1.29 is 5.11 Å². The number of halogens is 1. The average Bonchev–Trinajstić information content (AvgIpc) is 1.63. The topological polar surface area (TPSA) is 20.2 Å². The van der Waals surface area contributed by atoms with Crippen molar-refractivity contribution in [3.05, 3.63) is 0 Å². The summed E-state index contributed by atoms with van der Waals surface area (Å²) in [5, 5.41) is 9.04. The van der Waals surface area contributed by atoms with Crippen LogP contribution in [-0.4, -0.2) is 11.2 Å². The van der Waals surface area contributed by atoms with E-state index >= 15 is 0 Å². The maximum atomic E-state index is 9.04. The van der Waals surface area contributed by atoms with Gasteiger partial charge in [0.25, 0.3) is 0 Å². The van der Waals surface area contributed by atoms with Crippen LogP contribution in [-0.2, 0) is 0 Å². The van der Waals surface area contributed by atoms with Gasteiger partial charge in [-0.25, -0.2) is 0 Å². The van der Waals surface area contributed by atoms with Gasteiger partial charge in [-0.05, 0) is 16.3 Å². The van der Waals surface area contributed by atoms with Gasteiger partial charge in [-0.2, -0.15) is 0 Å². The maximum Gasteiger partial charge on any atom is 0.115 e. The van der Waals surface area contributed by atoms with Gasteiger partial charge < -0.3 is 5.11 Å². The molecule has 0 rings (SSSR count). The first-order chi connectivity index (χ1) is 4.16. The van der Waals surface area contributed by atoms with Gasteiger partial charge in [0.2, 0.25) is 0 Å². The Morgan fingerprint density at radius 3 is 2.44 bits per heavy atom. The summed E-state index contributed by atoms with van der Waals surface area (Å²) in [5.41, 5.74) is 0. The Bertz CT molecular complexity index is 121. The summed E-state index contributed by atoms with van der Waals surface area (Å²) in [6, 6.07) is 0. The third-order valence-electron chi connectivity index (χ3n) is 0.916. The van der Waals surface area contributed by atoms with Crippen LogP contribution in [0.25, 0.3) is 0 Å². The number of aliphatic hydroxyl groups excluding tert-OH is 1. The third kappa shape index (κ3) is 6.13. The van der Waals surface area contributed by atoms with Gasteiger partial charge in [0.1, 0.15) is 6.10 Å². The minimum atomic E-state index is -0.429. The fourth-order valence-corrected chi connectivity index (χ4v) is 0.928. The lowest BCUT2D eigenvalue weighted by molar-refractivity contribution is 0.204. The van der Waals surface area contributed by atoms with Crippen molar-refractivity contribution in [1.82, 2.24) is 0 Å². The lowest BCUT2D eigenvalue weighted by atomic mass is 10.1. The van der Waals surface area contributed by atoms with Crippen LogP contribution in [0.4, 0.5) is 0 Å². The summed E-state index contributed by atoms with van der Waals surface area (Å²) in [7, 11) is 0. The molecule has 0 saturated carbocycles. The molecule has 9 heavy (non-hydrogen) atoms. The summed E-state index contributed by atoms with van der Waals surface area (Å²) in [6.45, 7) is 4.14. The summed E-state index contributed by atoms with van der Waals surface area (Å²) >= 11 is 1.93. The highest BCUT2D eigenvalue weighted by Gasteiger charge is 2.00. The molecule has 0 spiro atoms. The first-order valence-electron chi connectivity index (χ1n) is 2.96. The van der Waals surface area contributed by atoms with Gasteiger partial charge >= 0.3 is 0 Å². The van der Waals surface area contributed by atoms with Crippen LogP contribution in [0, 0.1) is 15.8 Å². The molecule has 52 valence electrons. The summed E-state index contributed by atoms with van der Waals surface area (Å²) < 4.78 is 2.64. The van der Waals surface area contributed by atoms with E-state index in [9.17, 15) is 0 Å². The van der Waals surface area contributed by atoms with Gasteiger partial charge in [-0.1, -0.05) is 19.8 Å². The van der Waals surface area contributed by atoms with Crippen LogP contribution in [0.5, 0.6) is 0 Å². The molecule has 0 fully saturated rings. The van der Waals surface area contributed by atoms with Gasteiger partial charge in [0.05, 0.1) is 0 Å². The zero-order valence-electron chi connectivity index (χ0n) is 5.69. The zero-order valence-corrected chi connectivity index (χ0v) is 7.84. The Kier molecular flexibility index (Phi) is 5.21. The van der Waals surface area contributed by atoms with Crippen LogP contribution in [0.1, 0.15) is 20.3 Å². The lowest BCUT2D eigenvalue weighted by Crippen LogP contribution is -2.06. The van der Waals surface area contributed by atoms with E-state index in [0.29, 0.717) is 5.92 Å². The quantitative estimate of drug-likeness (QED) is 0.574. The summed E-state index contributed by atoms with van der Waals surface area (Å²) in [5.74, 6) is 3.19. The van der Waals surface area contributed by atoms with Crippen molar-refractivity contribution in [2.45, 2.75) is 26.4 Å². The molecular weight excluding hydrogens is 227 g/mol. The molecule has 0 aliphatic carbocycles. The number of aliphatic hydroxyl groups is 1. The van der Waals surface area contributed by atoms with Crippen molar-refractivity contribution in [2.75, 3.05) is 0 Å². The van der Waals surface area contributed by atoms with Crippen molar-refractivity contribution >= 4 is 22.6 Å². The third-order valence-corrected chi connectivity index (χ3v) is 1.23. The Morgan fingerprint density at radius 2 is 2.11 bits per heavy atom. The fraction of sp³-hybridized carbons (Fsp3) is 0.714. The van der Waals surface area contributed by atoms with Crippen LogP contribution in [0.15, 0.2) is 0 Å². The molecule has 2 heteroatoms. The monoisotopic (exact) mass is 238 g/mol. The van der Waals surface area contributed by atoms with E-state index in [2.05, 4.69) is 23.7 Å². The molecule has 1 N–H and O–H groups in total. The molecule has 0 aromatic carbocycles. The Hall–Kier alpha value is 0.250. The van der Waals surface area contributed by atoms with Crippen LogP contribution >= 0.6 is 22.6 Å². The molecule has 0 aliphatic rings. The predicted octanol–water partition coefficient (Wildman–Crippen LogP) is 1.79. The minimum Gasteiger partial charge on any atom is -0.380 e. The van der Waals surface area contributed by atoms with Crippen molar-refractivity contribution in [1.29, 1.82) is 0 Å². The van der Waals surface area contributed by atoms with E-state index in [0.717, 1.165) is 6.42 Å². The Morgan fingerprint density at radius 1 is 1.56 bits per heavy atom. The normalized spacial score (nSPS) is 12.6. The second kappa shape index (κ2) is 5.07. The zero-order chi connectivity index (χ0) is 7.28. The SMILES string of the molecule is CC(C)CC(O)C#CI. The largest absolute Gasteiger partial charge is 0.380 e. The smallest absolute Gasteiger partial charge is 0.115 e. The molecular formula is C7H11IO. The molecule has 0 radical (unpaired) electrons. The molecule has 0 amide bonds. The van der Waals surface area contributed by atoms with E-state index in [1.54, 1.807) is 0 Å².